The van der Waals surface area contributed by atoms with E-state index in [0.29, 0.717) is 47.2 Å². The van der Waals surface area contributed by atoms with Crippen LogP contribution in [0.3, 0.4) is 0 Å². The molecule has 0 amide bonds. The van der Waals surface area contributed by atoms with Gasteiger partial charge in [-0.05, 0) is 30.7 Å². The molecule has 1 atom stereocenters. The molecule has 140 valence electrons. The van der Waals surface area contributed by atoms with Crippen LogP contribution < -0.4 is 9.96 Å². The first-order chi connectivity index (χ1) is 12.9. The number of β-amino-alcohol motifs (C(OH)–C–C–N with tert-alkyl or cyclic N) is 1. The van der Waals surface area contributed by atoms with E-state index >= 15 is 0 Å². The fraction of sp³-hybridized carbons (Fsp3) is 0.235. The van der Waals surface area contributed by atoms with Gasteiger partial charge in [-0.15, -0.1) is 0 Å². The Bertz CT molecular complexity index is 1030. The number of aromatic nitrogens is 3. The highest BCUT2D eigenvalue weighted by atomic mass is 35.5. The van der Waals surface area contributed by atoms with Gasteiger partial charge in [-0.3, -0.25) is 10.6 Å². The summed E-state index contributed by atoms with van der Waals surface area (Å²) in [5, 5.41) is 28.9. The molecule has 0 aliphatic carbocycles. The number of H-pyrrole nitrogens is 1. The van der Waals surface area contributed by atoms with Crippen LogP contribution in [0.4, 0.5) is 16.0 Å². The van der Waals surface area contributed by atoms with E-state index < -0.39 is 11.9 Å². The lowest BCUT2D eigenvalue weighted by molar-refractivity contribution is 0.198. The zero-order chi connectivity index (χ0) is 19.1. The molecular weight excluding hydrogens is 375 g/mol. The Hall–Kier alpha value is -2.75. The van der Waals surface area contributed by atoms with Gasteiger partial charge >= 0.3 is 0 Å². The van der Waals surface area contributed by atoms with Crippen LogP contribution in [-0.2, 0) is 0 Å². The molecule has 1 aliphatic heterocycles. The van der Waals surface area contributed by atoms with E-state index in [1.165, 1.54) is 18.3 Å². The zero-order valence-electron chi connectivity index (χ0n) is 14.0. The molecule has 0 unspecified atom stereocenters. The molecule has 1 aromatic carbocycles. The summed E-state index contributed by atoms with van der Waals surface area (Å²) in [6.45, 7) is 1.13. The molecule has 8 nitrogen and oxygen atoms in total. The number of benzene rings is 1. The fourth-order valence-electron chi connectivity index (χ4n) is 3.04. The summed E-state index contributed by atoms with van der Waals surface area (Å²) in [6.07, 6.45) is 1.74. The summed E-state index contributed by atoms with van der Waals surface area (Å²) in [4.78, 5) is 13.6. The average molecular weight is 391 g/mol. The second-order valence-corrected chi connectivity index (χ2v) is 6.67. The van der Waals surface area contributed by atoms with E-state index in [9.17, 15) is 14.7 Å². The van der Waals surface area contributed by atoms with Gasteiger partial charge in [0.15, 0.2) is 11.5 Å². The topological polar surface area (TPSA) is 112 Å². The third kappa shape index (κ3) is 3.20. The molecule has 0 bridgehead atoms. The Kier molecular flexibility index (Phi) is 4.42. The normalized spacial score (nSPS) is 16.9. The highest BCUT2D eigenvalue weighted by molar-refractivity contribution is 6.31. The van der Waals surface area contributed by atoms with E-state index in [1.807, 2.05) is 4.90 Å². The number of anilines is 2. The molecule has 2 aromatic heterocycles. The van der Waals surface area contributed by atoms with Crippen LogP contribution in [0.2, 0.25) is 5.02 Å². The van der Waals surface area contributed by atoms with Crippen molar-refractivity contribution in [3.05, 3.63) is 46.9 Å². The average Bonchev–Trinajstić information content (AvgIpc) is 3.28. The summed E-state index contributed by atoms with van der Waals surface area (Å²) in [5.41, 5.74) is 1.38. The number of amidine groups is 1. The number of hydroxylamine groups is 1. The van der Waals surface area contributed by atoms with Gasteiger partial charge in [0.25, 0.3) is 0 Å². The molecule has 0 spiro atoms. The number of aliphatic hydroxyl groups is 1. The largest absolute Gasteiger partial charge is 0.391 e. The van der Waals surface area contributed by atoms with Gasteiger partial charge in [-0.25, -0.2) is 14.4 Å². The van der Waals surface area contributed by atoms with Gasteiger partial charge in [-0.2, -0.15) is 4.98 Å². The number of aliphatic hydroxyl groups excluding tert-OH is 1. The number of halogens is 2. The molecule has 27 heavy (non-hydrogen) atoms. The summed E-state index contributed by atoms with van der Waals surface area (Å²) in [7, 11) is 0. The van der Waals surface area contributed by atoms with Crippen molar-refractivity contribution in [3.8, 4) is 0 Å². The van der Waals surface area contributed by atoms with Crippen LogP contribution in [0, 0.1) is 11.2 Å². The number of hydrogen-bond donors (Lipinski definition) is 4. The number of pyridine rings is 1. The van der Waals surface area contributed by atoms with E-state index in [-0.39, 0.29) is 16.5 Å². The van der Waals surface area contributed by atoms with Crippen molar-refractivity contribution >= 4 is 40.2 Å². The first kappa shape index (κ1) is 17.7. The molecule has 1 aliphatic rings. The zero-order valence-corrected chi connectivity index (χ0v) is 14.8. The fourth-order valence-corrected chi connectivity index (χ4v) is 3.21. The number of aromatic amines is 1. The molecule has 3 heterocycles. The van der Waals surface area contributed by atoms with E-state index in [2.05, 4.69) is 15.0 Å². The lowest BCUT2D eigenvalue weighted by Gasteiger charge is -2.18. The van der Waals surface area contributed by atoms with Crippen LogP contribution in [0.25, 0.3) is 11.2 Å². The van der Waals surface area contributed by atoms with Crippen molar-refractivity contribution in [2.24, 2.45) is 0 Å². The number of hydrogen-bond acceptors (Lipinski definition) is 6. The highest BCUT2D eigenvalue weighted by Crippen LogP contribution is 2.26. The van der Waals surface area contributed by atoms with Crippen molar-refractivity contribution in [1.29, 1.82) is 5.41 Å². The van der Waals surface area contributed by atoms with Gasteiger partial charge in [0.2, 0.25) is 5.95 Å². The minimum Gasteiger partial charge on any atom is -0.391 e. The van der Waals surface area contributed by atoms with Gasteiger partial charge < -0.3 is 15.0 Å². The van der Waals surface area contributed by atoms with E-state index in [0.717, 1.165) is 6.07 Å². The van der Waals surface area contributed by atoms with Crippen LogP contribution in [0.1, 0.15) is 12.0 Å². The van der Waals surface area contributed by atoms with Gasteiger partial charge in [-0.1, -0.05) is 11.6 Å². The number of nitrogens with zero attached hydrogens (tertiary/aromatic N) is 4. The summed E-state index contributed by atoms with van der Waals surface area (Å²) >= 11 is 5.76. The molecule has 3 aromatic rings. The number of nitrogens with one attached hydrogen (secondary N) is 2. The van der Waals surface area contributed by atoms with Crippen LogP contribution in [0.5, 0.6) is 0 Å². The monoisotopic (exact) mass is 390 g/mol. The second-order valence-electron chi connectivity index (χ2n) is 6.26. The molecule has 4 rings (SSSR count). The lowest BCUT2D eigenvalue weighted by Crippen LogP contribution is -2.27. The number of imidazole rings is 1. The second kappa shape index (κ2) is 6.76. The number of fused-ring (bicyclic) bond motifs is 1. The maximum atomic E-state index is 13.3. The predicted molar refractivity (Wildman–Crippen MR) is 99.2 cm³/mol. The van der Waals surface area contributed by atoms with Crippen molar-refractivity contribution in [2.45, 2.75) is 12.5 Å². The van der Waals surface area contributed by atoms with Gasteiger partial charge in [0.05, 0.1) is 22.3 Å². The van der Waals surface area contributed by atoms with Gasteiger partial charge in [0.1, 0.15) is 5.82 Å². The molecule has 10 heteroatoms. The molecular formula is C17H16ClFN6O2. The minimum absolute atomic E-state index is 0.152. The number of rotatable bonds is 3. The molecule has 0 radical (unpaired) electrons. The standard InChI is InChI=1S/C17H16ClFN6O2/c18-12-7-9(1-2-13(12)19)25(27)15(20)11-3-5-21-16-14(11)22-17(23-16)24-6-4-10(26)8-24/h1-3,5,7,10,20,26-27H,4,6,8H2,(H,21,22,23)/t10-/m0/s1. The SMILES string of the molecule is N=C(c1ccnc2nc(N3CC[C@H](O)C3)[nH]c12)N(O)c1ccc(F)c(Cl)c1. The maximum absolute atomic E-state index is 13.3. The summed E-state index contributed by atoms with van der Waals surface area (Å²) in [5.74, 6) is -0.317. The minimum atomic E-state index is -0.613. The van der Waals surface area contributed by atoms with Crippen LogP contribution in [0.15, 0.2) is 30.5 Å². The molecule has 1 fully saturated rings. The van der Waals surface area contributed by atoms with Crippen molar-refractivity contribution in [3.63, 3.8) is 0 Å². The first-order valence-corrected chi connectivity index (χ1v) is 8.62. The lowest BCUT2D eigenvalue weighted by atomic mass is 10.2. The maximum Gasteiger partial charge on any atom is 0.205 e. The predicted octanol–water partition coefficient (Wildman–Crippen LogP) is 2.54. The Balaban J connectivity index is 1.69. The van der Waals surface area contributed by atoms with Gasteiger partial charge in [0, 0.05) is 24.8 Å². The Morgan fingerprint density at radius 1 is 1.41 bits per heavy atom. The summed E-state index contributed by atoms with van der Waals surface area (Å²) in [6, 6.07) is 5.23. The summed E-state index contributed by atoms with van der Waals surface area (Å²) < 4.78 is 13.3. The Labute approximate surface area is 158 Å². The third-order valence-corrected chi connectivity index (χ3v) is 4.75. The van der Waals surface area contributed by atoms with Crippen molar-refractivity contribution in [2.75, 3.05) is 23.1 Å². The molecule has 1 saturated heterocycles. The third-order valence-electron chi connectivity index (χ3n) is 4.46. The Morgan fingerprint density at radius 3 is 2.93 bits per heavy atom. The first-order valence-electron chi connectivity index (χ1n) is 8.24. The Morgan fingerprint density at radius 2 is 2.22 bits per heavy atom. The van der Waals surface area contributed by atoms with Crippen LogP contribution >= 0.6 is 11.6 Å². The van der Waals surface area contributed by atoms with Crippen LogP contribution in [-0.4, -0.2) is 50.3 Å². The molecule has 4 N–H and O–H groups in total. The van der Waals surface area contributed by atoms with E-state index in [4.69, 9.17) is 17.0 Å². The van der Waals surface area contributed by atoms with E-state index in [1.54, 1.807) is 6.07 Å². The smallest absolute Gasteiger partial charge is 0.205 e. The quantitative estimate of drug-likeness (QED) is 0.310. The van der Waals surface area contributed by atoms with Crippen molar-refractivity contribution in [1.82, 2.24) is 15.0 Å². The van der Waals surface area contributed by atoms with Crippen molar-refractivity contribution < 1.29 is 14.7 Å². The highest BCUT2D eigenvalue weighted by Gasteiger charge is 2.24. The molecule has 0 saturated carbocycles.